The zero-order valence-corrected chi connectivity index (χ0v) is 49.2. The summed E-state index contributed by atoms with van der Waals surface area (Å²) in [5.74, 6) is -0.569. The second kappa shape index (κ2) is 63.9. The Morgan fingerprint density at radius 2 is 0.514 bits per heavy atom. The van der Waals surface area contributed by atoms with Gasteiger partial charge in [-0.25, -0.2) is 0 Å². The molecule has 0 aliphatic carbocycles. The van der Waals surface area contributed by atoms with Gasteiger partial charge in [0.25, 0.3) is 0 Å². The van der Waals surface area contributed by atoms with Crippen LogP contribution in [-0.2, 0) is 19.1 Å². The first-order valence-electron chi connectivity index (χ1n) is 33.2. The topological polar surface area (TPSA) is 72.8 Å². The summed E-state index contributed by atoms with van der Waals surface area (Å²) in [6.07, 6.45) is 81.0. The lowest BCUT2D eigenvalue weighted by molar-refractivity contribution is -0.161. The van der Waals surface area contributed by atoms with E-state index in [0.29, 0.717) is 12.8 Å². The van der Waals surface area contributed by atoms with Gasteiger partial charge in [0, 0.05) is 12.8 Å². The number of carbonyl (C=O) groups excluding carboxylic acids is 2. The van der Waals surface area contributed by atoms with Crippen molar-refractivity contribution in [1.29, 1.82) is 0 Å². The minimum Gasteiger partial charge on any atom is -0.462 e. The van der Waals surface area contributed by atoms with Crippen molar-refractivity contribution in [1.82, 2.24) is 0 Å². The summed E-state index contributed by atoms with van der Waals surface area (Å²) in [6, 6.07) is 0. The van der Waals surface area contributed by atoms with E-state index in [1.165, 1.54) is 327 Å². The second-order valence-corrected chi connectivity index (χ2v) is 22.9. The quantitative estimate of drug-likeness (QED) is 0.0373. The molecule has 1 unspecified atom stereocenters. The molecule has 0 spiro atoms. The molecule has 0 aromatic heterocycles. The Balaban J connectivity index is 3.35. The number of unbranched alkanes of at least 4 members (excludes halogenated alkanes) is 53. The van der Waals surface area contributed by atoms with Gasteiger partial charge in [-0.2, -0.15) is 0 Å². The summed E-state index contributed by atoms with van der Waals surface area (Å²) in [6.45, 7) is 4.20. The van der Waals surface area contributed by atoms with Crippen molar-refractivity contribution in [2.24, 2.45) is 0 Å². The van der Waals surface area contributed by atoms with Crippen LogP contribution in [0.2, 0.25) is 0 Å². The number of esters is 2. The second-order valence-electron chi connectivity index (χ2n) is 22.9. The van der Waals surface area contributed by atoms with Gasteiger partial charge in [-0.3, -0.25) is 9.59 Å². The molecule has 0 rings (SSSR count). The number of hydrogen-bond donors (Lipinski definition) is 1. The summed E-state index contributed by atoms with van der Waals surface area (Å²) in [5, 5.41) is 9.67. The van der Waals surface area contributed by atoms with Crippen molar-refractivity contribution in [3.63, 3.8) is 0 Å². The summed E-state index contributed by atoms with van der Waals surface area (Å²) in [5.41, 5.74) is 0. The third-order valence-corrected chi connectivity index (χ3v) is 15.6. The van der Waals surface area contributed by atoms with E-state index in [0.717, 1.165) is 32.1 Å². The van der Waals surface area contributed by atoms with Gasteiger partial charge < -0.3 is 14.6 Å². The van der Waals surface area contributed by atoms with Gasteiger partial charge in [0.2, 0.25) is 0 Å². The summed E-state index contributed by atoms with van der Waals surface area (Å²) >= 11 is 0. The first-order chi connectivity index (χ1) is 35.6. The Kier molecular flexibility index (Phi) is 62.7. The standard InChI is InChI=1S/C67H130O5/c1-3-5-7-9-11-13-15-17-19-21-23-25-26-27-28-29-30-31-32-33-34-35-36-37-38-39-40-42-43-45-47-49-51-53-55-57-59-61-66(69)71-64-65(63-68)72-67(70)62-60-58-56-54-52-50-48-46-44-41-24-22-20-18-16-14-12-10-8-6-4-2/h22,24,65,68H,3-21,23,25-64H2,1-2H3/b24-22-. The predicted octanol–water partition coefficient (Wildman–Crippen LogP) is 22.7. The minimum atomic E-state index is -0.769. The van der Waals surface area contributed by atoms with Crippen LogP contribution in [-0.4, -0.2) is 36.4 Å². The van der Waals surface area contributed by atoms with E-state index >= 15 is 0 Å². The van der Waals surface area contributed by atoms with Crippen molar-refractivity contribution in [3.05, 3.63) is 12.2 Å². The van der Waals surface area contributed by atoms with Crippen LogP contribution in [0.3, 0.4) is 0 Å². The number of aliphatic hydroxyl groups is 1. The number of ether oxygens (including phenoxy) is 2. The molecule has 0 aliphatic heterocycles. The molecule has 1 N–H and O–H groups in total. The van der Waals surface area contributed by atoms with Gasteiger partial charge in [0.15, 0.2) is 6.10 Å². The molecule has 5 nitrogen and oxygen atoms in total. The lowest BCUT2D eigenvalue weighted by Gasteiger charge is -2.15. The van der Waals surface area contributed by atoms with Crippen molar-refractivity contribution < 1.29 is 24.2 Å². The smallest absolute Gasteiger partial charge is 0.306 e. The number of carbonyl (C=O) groups is 2. The maximum absolute atomic E-state index is 12.3. The molecule has 0 saturated carbocycles. The molecule has 5 heteroatoms. The van der Waals surface area contributed by atoms with Crippen molar-refractivity contribution in [3.8, 4) is 0 Å². The fourth-order valence-corrected chi connectivity index (χ4v) is 10.6. The Bertz CT molecular complexity index is 1060. The van der Waals surface area contributed by atoms with Crippen LogP contribution in [0.15, 0.2) is 12.2 Å². The Labute approximate surface area is 451 Å². The van der Waals surface area contributed by atoms with E-state index < -0.39 is 6.10 Å². The van der Waals surface area contributed by atoms with Crippen LogP contribution in [0.25, 0.3) is 0 Å². The van der Waals surface area contributed by atoms with E-state index in [1.54, 1.807) is 0 Å². The highest BCUT2D eigenvalue weighted by Crippen LogP contribution is 2.19. The van der Waals surface area contributed by atoms with Gasteiger partial charge in [0.1, 0.15) is 6.61 Å². The molecule has 0 saturated heterocycles. The molecule has 0 heterocycles. The molecule has 0 radical (unpaired) electrons. The zero-order valence-electron chi connectivity index (χ0n) is 49.2. The fraction of sp³-hybridized carbons (Fsp3) is 0.940. The highest BCUT2D eigenvalue weighted by molar-refractivity contribution is 5.70. The van der Waals surface area contributed by atoms with E-state index in [4.69, 9.17) is 9.47 Å². The van der Waals surface area contributed by atoms with Gasteiger partial charge >= 0.3 is 11.9 Å². The molecule has 1 atom stereocenters. The van der Waals surface area contributed by atoms with Crippen LogP contribution in [0, 0.1) is 0 Å². The molecular formula is C67H130O5. The number of rotatable bonds is 63. The van der Waals surface area contributed by atoms with Crippen LogP contribution in [0.1, 0.15) is 386 Å². The van der Waals surface area contributed by atoms with Gasteiger partial charge in [-0.1, -0.05) is 347 Å². The molecule has 0 aliphatic rings. The molecule has 0 amide bonds. The molecular weight excluding hydrogens is 885 g/mol. The van der Waals surface area contributed by atoms with Crippen LogP contribution in [0.4, 0.5) is 0 Å². The maximum atomic E-state index is 12.3. The van der Waals surface area contributed by atoms with Crippen molar-refractivity contribution in [2.45, 2.75) is 392 Å². The summed E-state index contributed by atoms with van der Waals surface area (Å²) < 4.78 is 10.7. The van der Waals surface area contributed by atoms with Gasteiger partial charge in [0.05, 0.1) is 6.61 Å². The van der Waals surface area contributed by atoms with Gasteiger partial charge in [-0.05, 0) is 38.5 Å². The summed E-state index contributed by atoms with van der Waals surface area (Å²) in [7, 11) is 0. The molecule has 0 aromatic rings. The maximum Gasteiger partial charge on any atom is 0.306 e. The Morgan fingerprint density at radius 3 is 0.750 bits per heavy atom. The highest BCUT2D eigenvalue weighted by Gasteiger charge is 2.16. The van der Waals surface area contributed by atoms with E-state index in [-0.39, 0.29) is 25.2 Å². The van der Waals surface area contributed by atoms with Crippen LogP contribution < -0.4 is 0 Å². The van der Waals surface area contributed by atoms with Crippen molar-refractivity contribution in [2.75, 3.05) is 13.2 Å². The van der Waals surface area contributed by atoms with Gasteiger partial charge in [-0.15, -0.1) is 0 Å². The Hall–Kier alpha value is -1.36. The minimum absolute atomic E-state index is 0.0591. The first kappa shape index (κ1) is 70.6. The molecule has 0 fully saturated rings. The van der Waals surface area contributed by atoms with E-state index in [1.807, 2.05) is 0 Å². The number of allylic oxidation sites excluding steroid dienone is 2. The first-order valence-corrected chi connectivity index (χ1v) is 33.2. The average Bonchev–Trinajstić information content (AvgIpc) is 3.38. The van der Waals surface area contributed by atoms with Crippen LogP contribution >= 0.6 is 0 Å². The van der Waals surface area contributed by atoms with Crippen LogP contribution in [0.5, 0.6) is 0 Å². The average molecular weight is 1020 g/mol. The molecule has 0 bridgehead atoms. The normalized spacial score (nSPS) is 12.1. The van der Waals surface area contributed by atoms with E-state index in [9.17, 15) is 14.7 Å². The largest absolute Gasteiger partial charge is 0.462 e. The highest BCUT2D eigenvalue weighted by atomic mass is 16.6. The lowest BCUT2D eigenvalue weighted by atomic mass is 10.0. The monoisotopic (exact) mass is 1010 g/mol. The summed E-state index contributed by atoms with van der Waals surface area (Å²) in [4.78, 5) is 24.6. The number of aliphatic hydroxyl groups excluding tert-OH is 1. The van der Waals surface area contributed by atoms with E-state index in [2.05, 4.69) is 26.0 Å². The lowest BCUT2D eigenvalue weighted by Crippen LogP contribution is -2.28. The third-order valence-electron chi connectivity index (χ3n) is 15.6. The fourth-order valence-electron chi connectivity index (χ4n) is 10.6. The molecule has 0 aromatic carbocycles. The predicted molar refractivity (Wildman–Crippen MR) is 316 cm³/mol. The number of hydrogen-bond acceptors (Lipinski definition) is 5. The van der Waals surface area contributed by atoms with Crippen molar-refractivity contribution >= 4 is 11.9 Å². The molecule has 428 valence electrons. The zero-order chi connectivity index (χ0) is 52.0. The third kappa shape index (κ3) is 61.2. The molecule has 72 heavy (non-hydrogen) atoms. The SMILES string of the molecule is CCCCCCCCCC/C=C\CCCCCCCCCCCC(=O)OC(CO)COC(=O)CCCCCCCCCCCCCCCCCCCCCCCCCCCCCCCCCCCCCCC. The Morgan fingerprint density at radius 1 is 0.306 bits per heavy atom.